The van der Waals surface area contributed by atoms with Gasteiger partial charge < -0.3 is 4.90 Å². The molecule has 0 saturated carbocycles. The van der Waals surface area contributed by atoms with E-state index in [1.165, 1.54) is 22.7 Å². The Morgan fingerprint density at radius 2 is 2.00 bits per heavy atom. The minimum atomic E-state index is -0.473. The van der Waals surface area contributed by atoms with Crippen LogP contribution in [0.2, 0.25) is 0 Å². The van der Waals surface area contributed by atoms with Crippen LogP contribution in [0.4, 0.5) is 5.13 Å². The third-order valence-corrected chi connectivity index (χ3v) is 6.57. The topological polar surface area (TPSA) is 75.2 Å². The van der Waals surface area contributed by atoms with Crippen molar-refractivity contribution in [2.45, 2.75) is 18.9 Å². The molecular weight excluding hydrogens is 448 g/mol. The van der Waals surface area contributed by atoms with E-state index in [-0.39, 0.29) is 11.8 Å². The molecule has 6 nitrogen and oxygen atoms in total. The van der Waals surface area contributed by atoms with Crippen LogP contribution in [0, 0.1) is 0 Å². The summed E-state index contributed by atoms with van der Waals surface area (Å²) in [5.41, 5.74) is 0.937. The summed E-state index contributed by atoms with van der Waals surface area (Å²) in [5.74, 6) is -0.300. The lowest BCUT2D eigenvalue weighted by Crippen LogP contribution is -2.42. The van der Waals surface area contributed by atoms with Crippen LogP contribution >= 0.6 is 38.6 Å². The van der Waals surface area contributed by atoms with Gasteiger partial charge >= 0.3 is 0 Å². The fourth-order valence-electron chi connectivity index (χ4n) is 3.00. The van der Waals surface area contributed by atoms with Crippen molar-refractivity contribution in [2.75, 3.05) is 11.9 Å². The Kier molecular flexibility index (Phi) is 5.33. The average molecular weight is 463 g/mol. The molecule has 2 amide bonds. The molecule has 3 heterocycles. The van der Waals surface area contributed by atoms with Gasteiger partial charge in [-0.1, -0.05) is 45.5 Å². The molecule has 9 heteroatoms. The van der Waals surface area contributed by atoms with E-state index in [9.17, 15) is 9.59 Å². The second-order valence-corrected chi connectivity index (χ2v) is 8.88. The van der Waals surface area contributed by atoms with Crippen LogP contribution in [0.1, 0.15) is 22.5 Å². The Labute approximate surface area is 172 Å². The molecule has 1 fully saturated rings. The van der Waals surface area contributed by atoms with Gasteiger partial charge in [0.25, 0.3) is 5.91 Å². The predicted octanol–water partition coefficient (Wildman–Crippen LogP) is 4.27. The molecule has 4 rings (SSSR count). The van der Waals surface area contributed by atoms with Gasteiger partial charge in [0.15, 0.2) is 0 Å². The highest BCUT2D eigenvalue weighted by Gasteiger charge is 2.35. The molecule has 0 bridgehead atoms. The largest absolute Gasteiger partial charge is 0.326 e. The standard InChI is InChI=1S/C18H15BrN4O2S2/c19-12-7-5-11(6-8-12)16-21-22-18(27-16)20-15(24)13-3-1-9-23(13)17(25)14-4-2-10-26-14/h2,4-8,10,13H,1,3,9H2,(H,20,22,24). The van der Waals surface area contributed by atoms with Gasteiger partial charge in [0.05, 0.1) is 4.88 Å². The van der Waals surface area contributed by atoms with Crippen molar-refractivity contribution in [3.05, 3.63) is 51.1 Å². The zero-order valence-corrected chi connectivity index (χ0v) is 17.3. The van der Waals surface area contributed by atoms with Crippen molar-refractivity contribution in [3.63, 3.8) is 0 Å². The molecule has 1 unspecified atom stereocenters. The first kappa shape index (κ1) is 18.3. The van der Waals surface area contributed by atoms with Crippen molar-refractivity contribution >= 4 is 55.5 Å². The van der Waals surface area contributed by atoms with Crippen molar-refractivity contribution < 1.29 is 9.59 Å². The van der Waals surface area contributed by atoms with E-state index >= 15 is 0 Å². The van der Waals surface area contributed by atoms with Gasteiger partial charge in [0.2, 0.25) is 11.0 Å². The number of hydrogen-bond acceptors (Lipinski definition) is 6. The van der Waals surface area contributed by atoms with Crippen LogP contribution in [0.5, 0.6) is 0 Å². The highest BCUT2D eigenvalue weighted by atomic mass is 79.9. The molecule has 27 heavy (non-hydrogen) atoms. The molecule has 1 saturated heterocycles. The molecule has 0 aliphatic carbocycles. The molecule has 1 aliphatic heterocycles. The summed E-state index contributed by atoms with van der Waals surface area (Å²) in [6, 6.07) is 10.9. The third-order valence-electron chi connectivity index (χ3n) is 4.29. The summed E-state index contributed by atoms with van der Waals surface area (Å²) < 4.78 is 0.987. The first-order valence-electron chi connectivity index (χ1n) is 8.36. The number of likely N-dealkylation sites (tertiary alicyclic amines) is 1. The van der Waals surface area contributed by atoms with E-state index in [4.69, 9.17) is 0 Å². The minimum absolute atomic E-state index is 0.0875. The molecule has 0 spiro atoms. The van der Waals surface area contributed by atoms with Crippen LogP contribution < -0.4 is 5.32 Å². The number of nitrogens with zero attached hydrogens (tertiary/aromatic N) is 3. The quantitative estimate of drug-likeness (QED) is 0.627. The van der Waals surface area contributed by atoms with Gasteiger partial charge in [-0.2, -0.15) is 0 Å². The second kappa shape index (κ2) is 7.87. The number of thiophene rings is 1. The summed E-state index contributed by atoms with van der Waals surface area (Å²) in [4.78, 5) is 27.6. The maximum atomic E-state index is 12.7. The molecule has 1 aromatic carbocycles. The van der Waals surface area contributed by atoms with Gasteiger partial charge in [-0.15, -0.1) is 21.5 Å². The number of carbonyl (C=O) groups excluding carboxylic acids is 2. The van der Waals surface area contributed by atoms with Gasteiger partial charge in [0, 0.05) is 16.6 Å². The number of anilines is 1. The first-order chi connectivity index (χ1) is 13.1. The van der Waals surface area contributed by atoms with Gasteiger partial charge in [-0.25, -0.2) is 0 Å². The molecule has 1 N–H and O–H groups in total. The average Bonchev–Trinajstić information content (AvgIpc) is 3.42. The fourth-order valence-corrected chi connectivity index (χ4v) is 4.69. The second-order valence-electron chi connectivity index (χ2n) is 6.04. The number of benzene rings is 1. The molecule has 0 radical (unpaired) electrons. The maximum Gasteiger partial charge on any atom is 0.264 e. The maximum absolute atomic E-state index is 12.7. The first-order valence-corrected chi connectivity index (χ1v) is 10.9. The number of halogens is 1. The summed E-state index contributed by atoms with van der Waals surface area (Å²) in [6.07, 6.45) is 1.47. The Morgan fingerprint density at radius 1 is 1.19 bits per heavy atom. The third kappa shape index (κ3) is 3.95. The fraction of sp³-hybridized carbons (Fsp3) is 0.222. The van der Waals surface area contributed by atoms with Crippen LogP contribution in [-0.2, 0) is 4.79 Å². The van der Waals surface area contributed by atoms with Crippen LogP contribution in [0.25, 0.3) is 10.6 Å². The SMILES string of the molecule is O=C(Nc1nnc(-c2ccc(Br)cc2)s1)C1CCCN1C(=O)c1cccs1. The summed E-state index contributed by atoms with van der Waals surface area (Å²) in [6.45, 7) is 0.592. The van der Waals surface area contributed by atoms with Crippen LogP contribution in [0.15, 0.2) is 46.3 Å². The van der Waals surface area contributed by atoms with Crippen molar-refractivity contribution in [1.82, 2.24) is 15.1 Å². The zero-order chi connectivity index (χ0) is 18.8. The van der Waals surface area contributed by atoms with Crippen LogP contribution in [0.3, 0.4) is 0 Å². The lowest BCUT2D eigenvalue weighted by Gasteiger charge is -2.22. The van der Waals surface area contributed by atoms with E-state index in [2.05, 4.69) is 31.4 Å². The number of amides is 2. The highest BCUT2D eigenvalue weighted by molar-refractivity contribution is 9.10. The number of hydrogen-bond donors (Lipinski definition) is 1. The van der Waals surface area contributed by atoms with Crippen LogP contribution in [-0.4, -0.2) is 39.5 Å². The highest BCUT2D eigenvalue weighted by Crippen LogP contribution is 2.28. The summed E-state index contributed by atoms with van der Waals surface area (Å²) in [5, 5.41) is 14.1. The molecule has 1 atom stereocenters. The van der Waals surface area contributed by atoms with E-state index < -0.39 is 6.04 Å². The lowest BCUT2D eigenvalue weighted by atomic mass is 10.2. The van der Waals surface area contributed by atoms with Crippen molar-refractivity contribution in [3.8, 4) is 10.6 Å². The van der Waals surface area contributed by atoms with E-state index in [1.54, 1.807) is 11.0 Å². The molecular formula is C18H15BrN4O2S2. The number of aromatic nitrogens is 2. The van der Waals surface area contributed by atoms with Gasteiger partial charge in [0.1, 0.15) is 11.0 Å². The minimum Gasteiger partial charge on any atom is -0.326 e. The summed E-state index contributed by atoms with van der Waals surface area (Å²) >= 11 is 6.11. The molecule has 1 aliphatic rings. The Balaban J connectivity index is 1.46. The van der Waals surface area contributed by atoms with Gasteiger partial charge in [-0.05, 0) is 36.4 Å². The van der Waals surface area contributed by atoms with E-state index in [0.29, 0.717) is 23.0 Å². The Hall–Kier alpha value is -2.10. The normalized spacial score (nSPS) is 16.5. The van der Waals surface area contributed by atoms with Crippen molar-refractivity contribution in [2.24, 2.45) is 0 Å². The summed E-state index contributed by atoms with van der Waals surface area (Å²) in [7, 11) is 0. The Morgan fingerprint density at radius 3 is 2.74 bits per heavy atom. The van der Waals surface area contributed by atoms with E-state index in [1.807, 2.05) is 35.7 Å². The van der Waals surface area contributed by atoms with Gasteiger partial charge in [-0.3, -0.25) is 14.9 Å². The number of nitrogens with one attached hydrogen (secondary N) is 1. The molecule has 138 valence electrons. The number of carbonyl (C=O) groups is 2. The predicted molar refractivity (Wildman–Crippen MR) is 110 cm³/mol. The molecule has 2 aromatic heterocycles. The smallest absolute Gasteiger partial charge is 0.264 e. The monoisotopic (exact) mass is 462 g/mol. The van der Waals surface area contributed by atoms with Crippen molar-refractivity contribution in [1.29, 1.82) is 0 Å². The number of rotatable bonds is 4. The van der Waals surface area contributed by atoms with E-state index in [0.717, 1.165) is 21.5 Å². The Bertz CT molecular complexity index is 956. The molecule has 3 aromatic rings. The lowest BCUT2D eigenvalue weighted by molar-refractivity contribution is -0.119. The zero-order valence-electron chi connectivity index (χ0n) is 14.1.